The summed E-state index contributed by atoms with van der Waals surface area (Å²) in [4.78, 5) is 10.8. The largest absolute Gasteiger partial charge is 0.418 e. The monoisotopic (exact) mass is 282 g/mol. The van der Waals surface area contributed by atoms with Gasteiger partial charge in [-0.2, -0.15) is 31.6 Å². The molecule has 0 unspecified atom stereocenters. The lowest BCUT2D eigenvalue weighted by Gasteiger charge is -2.17. The summed E-state index contributed by atoms with van der Waals surface area (Å²) in [6.45, 7) is 0. The normalized spacial score (nSPS) is 12.1. The summed E-state index contributed by atoms with van der Waals surface area (Å²) >= 11 is 0. The first-order valence-electron chi connectivity index (χ1n) is 4.51. The van der Waals surface area contributed by atoms with Crippen LogP contribution in [-0.4, -0.2) is 5.91 Å². The zero-order valence-electron chi connectivity index (χ0n) is 8.86. The molecular formula is C10H4F6N2O. The van der Waals surface area contributed by atoms with Crippen molar-refractivity contribution in [2.75, 3.05) is 0 Å². The third kappa shape index (κ3) is 2.96. The second-order valence-corrected chi connectivity index (χ2v) is 3.42. The van der Waals surface area contributed by atoms with Gasteiger partial charge in [0, 0.05) is 5.56 Å². The van der Waals surface area contributed by atoms with Crippen molar-refractivity contribution in [2.24, 2.45) is 5.73 Å². The van der Waals surface area contributed by atoms with Crippen LogP contribution in [0.4, 0.5) is 26.3 Å². The Morgan fingerprint density at radius 1 is 1.11 bits per heavy atom. The molecule has 1 rings (SSSR count). The van der Waals surface area contributed by atoms with Crippen molar-refractivity contribution < 1.29 is 31.1 Å². The maximum absolute atomic E-state index is 12.6. The van der Waals surface area contributed by atoms with Crippen molar-refractivity contribution in [1.82, 2.24) is 0 Å². The molecule has 2 N–H and O–H groups in total. The first-order valence-corrected chi connectivity index (χ1v) is 4.51. The Hall–Kier alpha value is -2.24. The van der Waals surface area contributed by atoms with Crippen LogP contribution in [-0.2, 0) is 12.4 Å². The topological polar surface area (TPSA) is 66.9 Å². The van der Waals surface area contributed by atoms with Crippen LogP contribution in [0.5, 0.6) is 0 Å². The molecular weight excluding hydrogens is 278 g/mol. The fraction of sp³-hybridized carbons (Fsp3) is 0.200. The molecule has 0 bridgehead atoms. The predicted octanol–water partition coefficient (Wildman–Crippen LogP) is 2.69. The molecule has 0 saturated heterocycles. The minimum atomic E-state index is -5.38. The van der Waals surface area contributed by atoms with Crippen LogP contribution in [0.15, 0.2) is 12.1 Å². The highest BCUT2D eigenvalue weighted by Gasteiger charge is 2.45. The Balaban J connectivity index is 3.80. The molecule has 1 aromatic rings. The van der Waals surface area contributed by atoms with Gasteiger partial charge in [-0.05, 0) is 12.1 Å². The molecule has 3 nitrogen and oxygen atoms in total. The molecule has 0 atom stereocenters. The SMILES string of the molecule is N#Cc1cc(C(N)=O)cc(C(F)(F)F)c1C(F)(F)F. The van der Waals surface area contributed by atoms with E-state index in [4.69, 9.17) is 11.0 Å². The van der Waals surface area contributed by atoms with E-state index in [2.05, 4.69) is 0 Å². The Labute approximate surface area is 102 Å². The zero-order chi connectivity index (χ0) is 15.0. The molecule has 0 aliphatic rings. The maximum Gasteiger partial charge on any atom is 0.418 e. The summed E-state index contributed by atoms with van der Waals surface area (Å²) in [5.74, 6) is -1.37. The number of rotatable bonds is 1. The number of hydrogen-bond donors (Lipinski definition) is 1. The number of carbonyl (C=O) groups excluding carboxylic acids is 1. The molecule has 0 saturated carbocycles. The minimum Gasteiger partial charge on any atom is -0.366 e. The van der Waals surface area contributed by atoms with E-state index < -0.39 is 40.5 Å². The van der Waals surface area contributed by atoms with Gasteiger partial charge in [0.15, 0.2) is 0 Å². The Morgan fingerprint density at radius 3 is 1.95 bits per heavy atom. The molecule has 0 fully saturated rings. The second kappa shape index (κ2) is 4.46. The van der Waals surface area contributed by atoms with Crippen molar-refractivity contribution in [3.63, 3.8) is 0 Å². The molecule has 1 aromatic carbocycles. The molecule has 0 radical (unpaired) electrons. The van der Waals surface area contributed by atoms with E-state index in [9.17, 15) is 31.1 Å². The fourth-order valence-corrected chi connectivity index (χ4v) is 1.40. The van der Waals surface area contributed by atoms with Gasteiger partial charge in [0.2, 0.25) is 5.91 Å². The Bertz CT molecular complexity index is 567. The van der Waals surface area contributed by atoms with Crippen LogP contribution in [0, 0.1) is 11.3 Å². The quantitative estimate of drug-likeness (QED) is 0.805. The van der Waals surface area contributed by atoms with Crippen molar-refractivity contribution in [1.29, 1.82) is 5.26 Å². The number of hydrogen-bond acceptors (Lipinski definition) is 2. The smallest absolute Gasteiger partial charge is 0.366 e. The number of benzene rings is 1. The minimum absolute atomic E-state index is 0.0218. The predicted molar refractivity (Wildman–Crippen MR) is 49.7 cm³/mol. The molecule has 0 heterocycles. The highest BCUT2D eigenvalue weighted by molar-refractivity contribution is 5.93. The molecule has 0 aliphatic carbocycles. The Kier molecular flexibility index (Phi) is 3.48. The van der Waals surface area contributed by atoms with Gasteiger partial charge < -0.3 is 5.73 Å². The van der Waals surface area contributed by atoms with Crippen molar-refractivity contribution in [2.45, 2.75) is 12.4 Å². The molecule has 0 aromatic heterocycles. The van der Waals surface area contributed by atoms with E-state index in [1.54, 1.807) is 0 Å². The third-order valence-electron chi connectivity index (χ3n) is 2.13. The molecule has 0 spiro atoms. The summed E-state index contributed by atoms with van der Waals surface area (Å²) in [6, 6.07) is 1.34. The summed E-state index contributed by atoms with van der Waals surface area (Å²) in [6.07, 6.45) is -10.8. The summed E-state index contributed by atoms with van der Waals surface area (Å²) in [5.41, 5.74) is -1.67. The van der Waals surface area contributed by atoms with Crippen LogP contribution in [0.2, 0.25) is 0 Å². The van der Waals surface area contributed by atoms with Crippen LogP contribution >= 0.6 is 0 Å². The second-order valence-electron chi connectivity index (χ2n) is 3.42. The summed E-state index contributed by atoms with van der Waals surface area (Å²) in [7, 11) is 0. The van der Waals surface area contributed by atoms with E-state index in [-0.39, 0.29) is 6.07 Å². The molecule has 1 amide bonds. The molecule has 0 aliphatic heterocycles. The van der Waals surface area contributed by atoms with Gasteiger partial charge in [-0.3, -0.25) is 4.79 Å². The number of nitriles is 1. The van der Waals surface area contributed by atoms with Crippen LogP contribution < -0.4 is 5.73 Å². The van der Waals surface area contributed by atoms with Gasteiger partial charge in [-0.15, -0.1) is 0 Å². The number of nitrogens with zero attached hydrogens (tertiary/aromatic N) is 1. The lowest BCUT2D eigenvalue weighted by Crippen LogP contribution is -2.21. The Morgan fingerprint density at radius 2 is 1.63 bits per heavy atom. The lowest BCUT2D eigenvalue weighted by molar-refractivity contribution is -0.162. The van der Waals surface area contributed by atoms with Gasteiger partial charge >= 0.3 is 12.4 Å². The standard InChI is InChI=1S/C10H4F6N2O/c11-9(12,13)6-2-4(8(18)19)1-5(3-17)7(6)10(14,15)16/h1-2H,(H2,18,19). The van der Waals surface area contributed by atoms with Crippen LogP contribution in [0.3, 0.4) is 0 Å². The van der Waals surface area contributed by atoms with Crippen molar-refractivity contribution >= 4 is 5.91 Å². The van der Waals surface area contributed by atoms with E-state index in [0.717, 1.165) is 6.07 Å². The molecule has 9 heteroatoms. The first kappa shape index (κ1) is 14.8. The maximum atomic E-state index is 12.6. The lowest BCUT2D eigenvalue weighted by atomic mass is 9.97. The molecule has 102 valence electrons. The highest BCUT2D eigenvalue weighted by atomic mass is 19.4. The zero-order valence-corrected chi connectivity index (χ0v) is 8.86. The third-order valence-corrected chi connectivity index (χ3v) is 2.13. The summed E-state index contributed by atoms with van der Waals surface area (Å²) in [5, 5.41) is 8.51. The number of primary amides is 1. The summed E-state index contributed by atoms with van der Waals surface area (Å²) < 4.78 is 75.5. The first-order chi connectivity index (χ1) is 8.48. The van der Waals surface area contributed by atoms with Crippen LogP contribution in [0.1, 0.15) is 27.0 Å². The molecule has 19 heavy (non-hydrogen) atoms. The fourth-order valence-electron chi connectivity index (χ4n) is 1.40. The van der Waals surface area contributed by atoms with E-state index in [1.807, 2.05) is 0 Å². The number of alkyl halides is 6. The number of halogens is 6. The van der Waals surface area contributed by atoms with Crippen molar-refractivity contribution in [3.05, 3.63) is 34.4 Å². The van der Waals surface area contributed by atoms with Gasteiger partial charge in [-0.25, -0.2) is 0 Å². The number of nitrogens with two attached hydrogens (primary N) is 1. The number of amides is 1. The average Bonchev–Trinajstić information content (AvgIpc) is 2.24. The van der Waals surface area contributed by atoms with Gasteiger partial charge in [0.1, 0.15) is 0 Å². The number of carbonyl (C=O) groups is 1. The average molecular weight is 282 g/mol. The van der Waals surface area contributed by atoms with Crippen molar-refractivity contribution in [3.8, 4) is 6.07 Å². The van der Waals surface area contributed by atoms with Gasteiger partial charge in [-0.1, -0.05) is 0 Å². The van der Waals surface area contributed by atoms with Gasteiger partial charge in [0.25, 0.3) is 0 Å². The van der Waals surface area contributed by atoms with E-state index >= 15 is 0 Å². The van der Waals surface area contributed by atoms with Gasteiger partial charge in [0.05, 0.1) is 22.8 Å². The van der Waals surface area contributed by atoms with E-state index in [0.29, 0.717) is 6.07 Å². The van der Waals surface area contributed by atoms with E-state index in [1.165, 1.54) is 0 Å². The van der Waals surface area contributed by atoms with Crippen LogP contribution in [0.25, 0.3) is 0 Å². The highest BCUT2D eigenvalue weighted by Crippen LogP contribution is 2.42.